The summed E-state index contributed by atoms with van der Waals surface area (Å²) in [5.74, 6) is -1.37. The zero-order valence-corrected chi connectivity index (χ0v) is 15.7. The molecule has 0 aromatic heterocycles. The van der Waals surface area contributed by atoms with Crippen LogP contribution in [0.5, 0.6) is 0 Å². The van der Waals surface area contributed by atoms with Crippen LogP contribution >= 0.6 is 0 Å². The standard InChI is InChI=1S/C21H21N3O4/c1-13-6-5-7-14(2)19(13)23-20(27)15-8-3-4-9-16(15)22-17-12-18(26)24(10-11-25)21(17)28/h3-9,12,22,25H,10-11H2,1-2H3,(H,23,27). The fourth-order valence-electron chi connectivity index (χ4n) is 3.04. The molecule has 1 aliphatic rings. The van der Waals surface area contributed by atoms with Gasteiger partial charge in [0.1, 0.15) is 5.70 Å². The Morgan fingerprint density at radius 1 is 1.04 bits per heavy atom. The molecule has 7 heteroatoms. The Morgan fingerprint density at radius 3 is 2.39 bits per heavy atom. The Balaban J connectivity index is 1.84. The van der Waals surface area contributed by atoms with E-state index in [2.05, 4.69) is 10.6 Å². The molecular formula is C21H21N3O4. The molecule has 2 aromatic carbocycles. The van der Waals surface area contributed by atoms with Crippen molar-refractivity contribution in [2.24, 2.45) is 0 Å². The van der Waals surface area contributed by atoms with Gasteiger partial charge in [-0.25, -0.2) is 0 Å². The summed E-state index contributed by atoms with van der Waals surface area (Å²) in [7, 11) is 0. The number of nitrogens with zero attached hydrogens (tertiary/aromatic N) is 1. The van der Waals surface area contributed by atoms with Gasteiger partial charge in [-0.2, -0.15) is 0 Å². The average molecular weight is 379 g/mol. The van der Waals surface area contributed by atoms with Crippen LogP contribution in [0.25, 0.3) is 0 Å². The second-order valence-corrected chi connectivity index (χ2v) is 6.47. The summed E-state index contributed by atoms with van der Waals surface area (Å²) in [6, 6.07) is 12.5. The number of aryl methyl sites for hydroxylation is 2. The number of benzene rings is 2. The van der Waals surface area contributed by atoms with Crippen molar-refractivity contribution in [1.29, 1.82) is 0 Å². The zero-order valence-electron chi connectivity index (χ0n) is 15.7. The number of anilines is 2. The lowest BCUT2D eigenvalue weighted by atomic mass is 10.1. The Morgan fingerprint density at radius 2 is 1.71 bits per heavy atom. The summed E-state index contributed by atoms with van der Waals surface area (Å²) < 4.78 is 0. The van der Waals surface area contributed by atoms with Crippen molar-refractivity contribution < 1.29 is 19.5 Å². The van der Waals surface area contributed by atoms with Crippen LogP contribution < -0.4 is 10.6 Å². The number of para-hydroxylation sites is 2. The van der Waals surface area contributed by atoms with E-state index in [0.717, 1.165) is 27.8 Å². The second-order valence-electron chi connectivity index (χ2n) is 6.47. The van der Waals surface area contributed by atoms with Gasteiger partial charge in [-0.1, -0.05) is 30.3 Å². The van der Waals surface area contributed by atoms with E-state index in [4.69, 9.17) is 5.11 Å². The van der Waals surface area contributed by atoms with Crippen molar-refractivity contribution in [3.05, 3.63) is 70.9 Å². The maximum atomic E-state index is 12.9. The molecule has 0 saturated carbocycles. The van der Waals surface area contributed by atoms with Crippen LogP contribution in [0.2, 0.25) is 0 Å². The topological polar surface area (TPSA) is 98.7 Å². The van der Waals surface area contributed by atoms with Crippen LogP contribution in [-0.2, 0) is 9.59 Å². The number of nitrogens with one attached hydrogen (secondary N) is 2. The predicted molar refractivity (Wildman–Crippen MR) is 106 cm³/mol. The Kier molecular flexibility index (Phi) is 5.56. The summed E-state index contributed by atoms with van der Waals surface area (Å²) in [5.41, 5.74) is 3.43. The number of imide groups is 1. The number of β-amino-alcohol motifs (C(OH)–C–C–N with tert-alkyl or cyclic N) is 1. The quantitative estimate of drug-likeness (QED) is 0.669. The SMILES string of the molecule is Cc1cccc(C)c1NC(=O)c1ccccc1NC1=CC(=O)N(CCO)C1=O. The first kappa shape index (κ1) is 19.3. The summed E-state index contributed by atoms with van der Waals surface area (Å²) in [6.07, 6.45) is 1.16. The number of rotatable bonds is 6. The van der Waals surface area contributed by atoms with Crippen LogP contribution in [0.4, 0.5) is 11.4 Å². The molecule has 0 saturated heterocycles. The van der Waals surface area contributed by atoms with Crippen molar-refractivity contribution in [2.45, 2.75) is 13.8 Å². The monoisotopic (exact) mass is 379 g/mol. The highest BCUT2D eigenvalue weighted by Gasteiger charge is 2.31. The van der Waals surface area contributed by atoms with Gasteiger partial charge < -0.3 is 15.7 Å². The molecular weight excluding hydrogens is 358 g/mol. The molecule has 3 amide bonds. The van der Waals surface area contributed by atoms with Gasteiger partial charge in [-0.3, -0.25) is 19.3 Å². The van der Waals surface area contributed by atoms with E-state index in [1.807, 2.05) is 32.0 Å². The largest absolute Gasteiger partial charge is 0.395 e. The number of hydrogen-bond donors (Lipinski definition) is 3. The minimum atomic E-state index is -0.538. The maximum absolute atomic E-state index is 12.9. The van der Waals surface area contributed by atoms with Crippen LogP contribution in [0.15, 0.2) is 54.2 Å². The van der Waals surface area contributed by atoms with Gasteiger partial charge >= 0.3 is 0 Å². The molecule has 2 aromatic rings. The number of aliphatic hydroxyl groups excluding tert-OH is 1. The van der Waals surface area contributed by atoms with E-state index < -0.39 is 11.8 Å². The van der Waals surface area contributed by atoms with Crippen molar-refractivity contribution >= 4 is 29.1 Å². The molecule has 28 heavy (non-hydrogen) atoms. The number of carbonyl (C=O) groups excluding carboxylic acids is 3. The number of aliphatic hydroxyl groups is 1. The van der Waals surface area contributed by atoms with Gasteiger partial charge in [-0.05, 0) is 37.1 Å². The number of carbonyl (C=O) groups is 3. The van der Waals surface area contributed by atoms with E-state index in [0.29, 0.717) is 11.3 Å². The Bertz CT molecular complexity index is 961. The van der Waals surface area contributed by atoms with E-state index >= 15 is 0 Å². The average Bonchev–Trinajstić information content (AvgIpc) is 2.93. The third-order valence-electron chi connectivity index (χ3n) is 4.49. The highest BCUT2D eigenvalue weighted by atomic mass is 16.3. The highest BCUT2D eigenvalue weighted by molar-refractivity contribution is 6.18. The molecule has 3 rings (SSSR count). The van der Waals surface area contributed by atoms with E-state index in [9.17, 15) is 14.4 Å². The zero-order chi connectivity index (χ0) is 20.3. The van der Waals surface area contributed by atoms with E-state index in [1.165, 1.54) is 0 Å². The van der Waals surface area contributed by atoms with Gasteiger partial charge in [0.05, 0.1) is 24.4 Å². The lowest BCUT2D eigenvalue weighted by Crippen LogP contribution is -2.34. The molecule has 1 heterocycles. The molecule has 0 atom stereocenters. The molecule has 1 aliphatic heterocycles. The molecule has 3 N–H and O–H groups in total. The van der Waals surface area contributed by atoms with Gasteiger partial charge in [0.2, 0.25) is 0 Å². The Hall–Kier alpha value is -3.45. The van der Waals surface area contributed by atoms with Crippen LogP contribution in [0.1, 0.15) is 21.5 Å². The van der Waals surface area contributed by atoms with Gasteiger partial charge in [0.25, 0.3) is 17.7 Å². The fraction of sp³-hybridized carbons (Fsp3) is 0.190. The minimum absolute atomic E-state index is 0.0609. The van der Waals surface area contributed by atoms with Crippen molar-refractivity contribution in [2.75, 3.05) is 23.8 Å². The fourth-order valence-corrected chi connectivity index (χ4v) is 3.04. The molecule has 0 unspecified atom stereocenters. The summed E-state index contributed by atoms with van der Waals surface area (Å²) >= 11 is 0. The minimum Gasteiger partial charge on any atom is -0.395 e. The smallest absolute Gasteiger partial charge is 0.277 e. The molecule has 0 bridgehead atoms. The first-order chi connectivity index (χ1) is 13.4. The molecule has 0 radical (unpaired) electrons. The molecule has 7 nitrogen and oxygen atoms in total. The normalized spacial score (nSPS) is 13.5. The molecule has 0 fully saturated rings. The summed E-state index contributed by atoms with van der Waals surface area (Å²) in [4.78, 5) is 38.0. The van der Waals surface area contributed by atoms with Gasteiger partial charge in [0.15, 0.2) is 0 Å². The Labute approximate surface area is 162 Å². The van der Waals surface area contributed by atoms with Crippen LogP contribution in [-0.4, -0.2) is 40.9 Å². The lowest BCUT2D eigenvalue weighted by molar-refractivity contribution is -0.137. The van der Waals surface area contributed by atoms with E-state index in [-0.39, 0.29) is 24.8 Å². The number of amides is 3. The first-order valence-electron chi connectivity index (χ1n) is 8.84. The van der Waals surface area contributed by atoms with Gasteiger partial charge in [0, 0.05) is 11.8 Å². The summed E-state index contributed by atoms with van der Waals surface area (Å²) in [5, 5.41) is 14.8. The highest BCUT2D eigenvalue weighted by Crippen LogP contribution is 2.24. The lowest BCUT2D eigenvalue weighted by Gasteiger charge is -2.16. The van der Waals surface area contributed by atoms with Crippen LogP contribution in [0, 0.1) is 13.8 Å². The first-order valence-corrected chi connectivity index (χ1v) is 8.84. The number of hydrogen-bond acceptors (Lipinski definition) is 5. The van der Waals surface area contributed by atoms with Gasteiger partial charge in [-0.15, -0.1) is 0 Å². The van der Waals surface area contributed by atoms with Crippen molar-refractivity contribution in [3.8, 4) is 0 Å². The predicted octanol–water partition coefficient (Wildman–Crippen LogP) is 2.21. The molecule has 144 valence electrons. The van der Waals surface area contributed by atoms with Crippen LogP contribution in [0.3, 0.4) is 0 Å². The third kappa shape index (κ3) is 3.79. The van der Waals surface area contributed by atoms with Crippen molar-refractivity contribution in [3.63, 3.8) is 0 Å². The summed E-state index contributed by atoms with van der Waals surface area (Å²) in [6.45, 7) is 3.44. The van der Waals surface area contributed by atoms with E-state index in [1.54, 1.807) is 24.3 Å². The maximum Gasteiger partial charge on any atom is 0.277 e. The third-order valence-corrected chi connectivity index (χ3v) is 4.49. The molecule has 0 aliphatic carbocycles. The second kappa shape index (κ2) is 8.06. The molecule has 0 spiro atoms. The van der Waals surface area contributed by atoms with Crippen molar-refractivity contribution in [1.82, 2.24) is 4.90 Å².